The number of halogens is 1. The van der Waals surface area contributed by atoms with E-state index in [-0.39, 0.29) is 18.1 Å². The second-order valence-electron chi connectivity index (χ2n) is 4.88. The summed E-state index contributed by atoms with van der Waals surface area (Å²) in [6.45, 7) is 0.312. The van der Waals surface area contributed by atoms with Gasteiger partial charge in [0.2, 0.25) is 0 Å². The minimum Gasteiger partial charge on any atom is -0.483 e. The van der Waals surface area contributed by atoms with Crippen LogP contribution >= 0.6 is 11.6 Å². The second kappa shape index (κ2) is 8.19. The molecule has 0 aliphatic heterocycles. The van der Waals surface area contributed by atoms with Crippen LogP contribution in [0.4, 0.5) is 0 Å². The van der Waals surface area contributed by atoms with Crippen LogP contribution in [0.2, 0.25) is 5.02 Å². The number of hydrogen-bond acceptors (Lipinski definition) is 3. The first-order valence-corrected chi connectivity index (χ1v) is 7.47. The van der Waals surface area contributed by atoms with E-state index in [1.807, 2.05) is 24.3 Å². The topological polar surface area (TPSA) is 81.4 Å². The van der Waals surface area contributed by atoms with Crippen LogP contribution in [0.25, 0.3) is 0 Å². The highest BCUT2D eigenvalue weighted by molar-refractivity contribution is 6.30. The fourth-order valence-electron chi connectivity index (χ4n) is 1.99. The van der Waals surface area contributed by atoms with Gasteiger partial charge in [0.15, 0.2) is 6.61 Å². The van der Waals surface area contributed by atoms with Gasteiger partial charge in [-0.15, -0.1) is 0 Å². The fraction of sp³-hybridized carbons (Fsp3) is 0.176. The van der Waals surface area contributed by atoms with Crippen molar-refractivity contribution in [2.24, 2.45) is 5.73 Å². The van der Waals surface area contributed by atoms with E-state index in [0.29, 0.717) is 23.7 Å². The number of benzene rings is 2. The molecule has 2 rings (SSSR count). The first-order valence-electron chi connectivity index (χ1n) is 7.09. The molecule has 120 valence electrons. The number of ether oxygens (including phenoxy) is 1. The second-order valence-corrected chi connectivity index (χ2v) is 5.31. The number of rotatable bonds is 7. The third kappa shape index (κ3) is 5.30. The molecule has 5 nitrogen and oxygen atoms in total. The maximum Gasteiger partial charge on any atom is 0.257 e. The predicted octanol–water partition coefficient (Wildman–Crippen LogP) is 2.18. The molecular weight excluding hydrogens is 316 g/mol. The van der Waals surface area contributed by atoms with Gasteiger partial charge in [-0.3, -0.25) is 9.59 Å². The maximum atomic E-state index is 11.8. The molecule has 6 heteroatoms. The monoisotopic (exact) mass is 332 g/mol. The van der Waals surface area contributed by atoms with Gasteiger partial charge in [-0.2, -0.15) is 0 Å². The summed E-state index contributed by atoms with van der Waals surface area (Å²) in [5, 5.41) is 3.43. The summed E-state index contributed by atoms with van der Waals surface area (Å²) in [7, 11) is 0. The van der Waals surface area contributed by atoms with Crippen molar-refractivity contribution in [1.29, 1.82) is 0 Å². The summed E-state index contributed by atoms with van der Waals surface area (Å²) in [6, 6.07) is 14.0. The molecule has 0 fully saturated rings. The van der Waals surface area contributed by atoms with Gasteiger partial charge < -0.3 is 15.8 Å². The lowest BCUT2D eigenvalue weighted by Gasteiger charge is -2.10. The molecular formula is C17H17ClN2O3. The van der Waals surface area contributed by atoms with Crippen LogP contribution in [-0.4, -0.2) is 25.0 Å². The van der Waals surface area contributed by atoms with Gasteiger partial charge in [-0.25, -0.2) is 0 Å². The molecule has 2 aromatic carbocycles. The third-order valence-corrected chi connectivity index (χ3v) is 3.41. The third-order valence-electron chi connectivity index (χ3n) is 3.16. The first kappa shape index (κ1) is 16.8. The lowest BCUT2D eigenvalue weighted by molar-refractivity contribution is -0.123. The molecule has 0 atom stereocenters. The molecule has 3 N–H and O–H groups in total. The SMILES string of the molecule is NC(=O)c1ccccc1OCC(=O)NCCc1ccc(Cl)cc1. The molecule has 0 aliphatic rings. The molecule has 23 heavy (non-hydrogen) atoms. The lowest BCUT2D eigenvalue weighted by Crippen LogP contribution is -2.30. The maximum absolute atomic E-state index is 11.8. The van der Waals surface area contributed by atoms with Crippen molar-refractivity contribution >= 4 is 23.4 Å². The quantitative estimate of drug-likeness (QED) is 0.815. The number of nitrogens with two attached hydrogens (primary N) is 1. The van der Waals surface area contributed by atoms with Gasteiger partial charge in [-0.1, -0.05) is 35.9 Å². The summed E-state index contributed by atoms with van der Waals surface area (Å²) in [6.07, 6.45) is 0.695. The van der Waals surface area contributed by atoms with Crippen molar-refractivity contribution in [2.75, 3.05) is 13.2 Å². The normalized spacial score (nSPS) is 10.1. The highest BCUT2D eigenvalue weighted by Crippen LogP contribution is 2.16. The van der Waals surface area contributed by atoms with Crippen LogP contribution in [0.1, 0.15) is 15.9 Å². The van der Waals surface area contributed by atoms with Gasteiger partial charge in [0.05, 0.1) is 5.56 Å². The molecule has 0 spiro atoms. The Balaban J connectivity index is 1.77. The Labute approximate surface area is 139 Å². The number of nitrogens with one attached hydrogen (secondary N) is 1. The van der Waals surface area contributed by atoms with Crippen LogP contribution in [0.3, 0.4) is 0 Å². The highest BCUT2D eigenvalue weighted by atomic mass is 35.5. The molecule has 0 radical (unpaired) electrons. The highest BCUT2D eigenvalue weighted by Gasteiger charge is 2.10. The van der Waals surface area contributed by atoms with Gasteiger partial charge in [0.1, 0.15) is 5.75 Å². The number of para-hydroxylation sites is 1. The fourth-order valence-corrected chi connectivity index (χ4v) is 2.11. The van der Waals surface area contributed by atoms with Crippen molar-refractivity contribution in [3.05, 3.63) is 64.7 Å². The minimum absolute atomic E-state index is 0.176. The van der Waals surface area contributed by atoms with E-state index in [9.17, 15) is 9.59 Å². The van der Waals surface area contributed by atoms with Crippen LogP contribution in [0.5, 0.6) is 5.75 Å². The molecule has 2 amide bonds. The lowest BCUT2D eigenvalue weighted by atomic mass is 10.1. The van der Waals surface area contributed by atoms with Gasteiger partial charge in [0.25, 0.3) is 11.8 Å². The largest absolute Gasteiger partial charge is 0.483 e. The summed E-state index contributed by atoms with van der Waals surface area (Å²) in [5.74, 6) is -0.560. The van der Waals surface area contributed by atoms with Gasteiger partial charge >= 0.3 is 0 Å². The van der Waals surface area contributed by atoms with Crippen molar-refractivity contribution in [3.63, 3.8) is 0 Å². The van der Waals surface area contributed by atoms with E-state index < -0.39 is 5.91 Å². The van der Waals surface area contributed by atoms with E-state index in [0.717, 1.165) is 5.56 Å². The Bertz CT molecular complexity index is 686. The summed E-state index contributed by atoms with van der Waals surface area (Å²) in [5.41, 5.74) is 6.58. The average Bonchev–Trinajstić information content (AvgIpc) is 2.55. The van der Waals surface area contributed by atoms with Crippen molar-refractivity contribution < 1.29 is 14.3 Å². The van der Waals surface area contributed by atoms with E-state index in [1.165, 1.54) is 0 Å². The van der Waals surface area contributed by atoms with Crippen molar-refractivity contribution in [3.8, 4) is 5.75 Å². The van der Waals surface area contributed by atoms with E-state index in [4.69, 9.17) is 22.1 Å². The van der Waals surface area contributed by atoms with E-state index in [1.54, 1.807) is 24.3 Å². The predicted molar refractivity (Wildman–Crippen MR) is 88.6 cm³/mol. The molecule has 0 aliphatic carbocycles. The summed E-state index contributed by atoms with van der Waals surface area (Å²) >= 11 is 5.81. The van der Waals surface area contributed by atoms with Crippen molar-refractivity contribution in [2.45, 2.75) is 6.42 Å². The molecule has 0 saturated carbocycles. The standard InChI is InChI=1S/C17H17ClN2O3/c18-13-7-5-12(6-8-13)9-10-20-16(21)11-23-15-4-2-1-3-14(15)17(19)22/h1-8H,9-11H2,(H2,19,22)(H,20,21). The zero-order valence-electron chi connectivity index (χ0n) is 12.4. The minimum atomic E-state index is -0.594. The molecule has 2 aromatic rings. The average molecular weight is 333 g/mol. The zero-order valence-corrected chi connectivity index (χ0v) is 13.2. The van der Waals surface area contributed by atoms with E-state index >= 15 is 0 Å². The van der Waals surface area contributed by atoms with Crippen LogP contribution in [-0.2, 0) is 11.2 Å². The Morgan fingerprint density at radius 1 is 1.09 bits per heavy atom. The number of carbonyl (C=O) groups is 2. The molecule has 0 aromatic heterocycles. The molecule has 0 heterocycles. The van der Waals surface area contributed by atoms with Gasteiger partial charge in [0, 0.05) is 11.6 Å². The first-order chi connectivity index (χ1) is 11.1. The zero-order chi connectivity index (χ0) is 16.7. The Morgan fingerprint density at radius 2 is 1.78 bits per heavy atom. The van der Waals surface area contributed by atoms with Gasteiger partial charge in [-0.05, 0) is 36.2 Å². The number of primary amides is 1. The number of carbonyl (C=O) groups excluding carboxylic acids is 2. The Kier molecular flexibility index (Phi) is 6.00. The summed E-state index contributed by atoms with van der Waals surface area (Å²) < 4.78 is 5.35. The number of amides is 2. The van der Waals surface area contributed by atoms with Crippen LogP contribution < -0.4 is 15.8 Å². The Hall–Kier alpha value is -2.53. The molecule has 0 saturated heterocycles. The van der Waals surface area contributed by atoms with E-state index in [2.05, 4.69) is 5.32 Å². The number of hydrogen-bond donors (Lipinski definition) is 2. The smallest absolute Gasteiger partial charge is 0.257 e. The molecule has 0 bridgehead atoms. The summed E-state index contributed by atoms with van der Waals surface area (Å²) in [4.78, 5) is 23.0. The van der Waals surface area contributed by atoms with Crippen LogP contribution in [0.15, 0.2) is 48.5 Å². The molecule has 0 unspecified atom stereocenters. The Morgan fingerprint density at radius 3 is 2.48 bits per heavy atom. The van der Waals surface area contributed by atoms with Crippen LogP contribution in [0, 0.1) is 0 Å². The van der Waals surface area contributed by atoms with Crippen molar-refractivity contribution in [1.82, 2.24) is 5.32 Å².